The molecule has 2 bridgehead atoms. The van der Waals surface area contributed by atoms with Gasteiger partial charge in [-0.1, -0.05) is 59.7 Å². The maximum Gasteiger partial charge on any atom is 0.261 e. The van der Waals surface area contributed by atoms with Gasteiger partial charge in [-0.2, -0.15) is 4.31 Å². The number of benzene rings is 2. The Kier molecular flexibility index (Phi) is 5.98. The summed E-state index contributed by atoms with van der Waals surface area (Å²) in [6.45, 7) is 13.3. The van der Waals surface area contributed by atoms with Crippen molar-refractivity contribution in [1.82, 2.24) is 4.31 Å². The Hall–Kier alpha value is -1.90. The van der Waals surface area contributed by atoms with Crippen molar-refractivity contribution in [3.05, 3.63) is 54.1 Å². The van der Waals surface area contributed by atoms with Crippen LogP contribution in [0.25, 0.3) is 0 Å². The number of nitrogens with one attached hydrogen (secondary N) is 1. The first kappa shape index (κ1) is 25.2. The number of anilines is 1. The zero-order valence-corrected chi connectivity index (χ0v) is 22.6. The van der Waals surface area contributed by atoms with Crippen LogP contribution in [0.3, 0.4) is 0 Å². The highest BCUT2D eigenvalue weighted by molar-refractivity contribution is 7.92. The lowest BCUT2D eigenvalue weighted by Gasteiger charge is -2.39. The molecule has 2 fully saturated rings. The molecular formula is C26H36N2O4S2. The van der Waals surface area contributed by atoms with E-state index in [9.17, 15) is 16.8 Å². The smallest absolute Gasteiger partial charge is 0.261 e. The van der Waals surface area contributed by atoms with Crippen molar-refractivity contribution in [1.29, 1.82) is 0 Å². The quantitative estimate of drug-likeness (QED) is 0.593. The van der Waals surface area contributed by atoms with E-state index in [0.717, 1.165) is 24.8 Å². The maximum absolute atomic E-state index is 13.6. The fourth-order valence-corrected chi connectivity index (χ4v) is 8.76. The molecule has 1 N–H and O–H groups in total. The third-order valence-electron chi connectivity index (χ3n) is 7.09. The zero-order chi connectivity index (χ0) is 25.2. The SMILES string of the molecule is CC1(C)C[C@@H]2C[C@@](C)(CN2S(=O)(=O)c2cccc(NS(=O)(=O)c3ccc(C(C)(C)C)cc3)c2)C1. The second kappa shape index (κ2) is 8.07. The third-order valence-corrected chi connectivity index (χ3v) is 10.4. The van der Waals surface area contributed by atoms with Crippen LogP contribution in [0.4, 0.5) is 5.69 Å². The molecule has 8 heteroatoms. The molecule has 0 aromatic heterocycles. The topological polar surface area (TPSA) is 83.6 Å². The maximum atomic E-state index is 13.6. The summed E-state index contributed by atoms with van der Waals surface area (Å²) >= 11 is 0. The van der Waals surface area contributed by atoms with Crippen LogP contribution >= 0.6 is 0 Å². The van der Waals surface area contributed by atoms with Crippen LogP contribution in [0.5, 0.6) is 0 Å². The van der Waals surface area contributed by atoms with E-state index in [1.807, 2.05) is 12.1 Å². The summed E-state index contributed by atoms with van der Waals surface area (Å²) in [7, 11) is -7.60. The van der Waals surface area contributed by atoms with Gasteiger partial charge in [0.15, 0.2) is 0 Å². The van der Waals surface area contributed by atoms with E-state index >= 15 is 0 Å². The highest BCUT2D eigenvalue weighted by atomic mass is 32.2. The van der Waals surface area contributed by atoms with Gasteiger partial charge in [0, 0.05) is 12.6 Å². The fraction of sp³-hybridized carbons (Fsp3) is 0.538. The predicted molar refractivity (Wildman–Crippen MR) is 136 cm³/mol. The highest BCUT2D eigenvalue weighted by Crippen LogP contribution is 2.53. The van der Waals surface area contributed by atoms with Crippen molar-refractivity contribution in [3.63, 3.8) is 0 Å². The Bertz CT molecular complexity index is 1290. The number of nitrogens with zero attached hydrogens (tertiary/aromatic N) is 1. The molecule has 2 aromatic carbocycles. The molecule has 0 spiro atoms. The summed E-state index contributed by atoms with van der Waals surface area (Å²) in [6, 6.07) is 12.9. The average molecular weight is 505 g/mol. The van der Waals surface area contributed by atoms with E-state index in [-0.39, 0.29) is 37.8 Å². The van der Waals surface area contributed by atoms with E-state index in [2.05, 4.69) is 46.3 Å². The molecule has 2 atom stereocenters. The molecule has 1 aliphatic heterocycles. The minimum atomic E-state index is -3.85. The molecule has 1 aliphatic carbocycles. The molecular weight excluding hydrogens is 468 g/mol. The molecule has 2 aliphatic rings. The summed E-state index contributed by atoms with van der Waals surface area (Å²) in [5.41, 5.74) is 1.25. The summed E-state index contributed by atoms with van der Waals surface area (Å²) in [4.78, 5) is 0.252. The van der Waals surface area contributed by atoms with Gasteiger partial charge in [0.05, 0.1) is 15.5 Å². The van der Waals surface area contributed by atoms with Crippen molar-refractivity contribution in [3.8, 4) is 0 Å². The van der Waals surface area contributed by atoms with Crippen LogP contribution in [0.15, 0.2) is 58.3 Å². The summed E-state index contributed by atoms with van der Waals surface area (Å²) in [6.07, 6.45) is 2.70. The largest absolute Gasteiger partial charge is 0.280 e. The Labute approximate surface area is 204 Å². The van der Waals surface area contributed by atoms with Gasteiger partial charge in [-0.05, 0) is 71.4 Å². The van der Waals surface area contributed by atoms with Crippen LogP contribution in [0.1, 0.15) is 66.4 Å². The van der Waals surface area contributed by atoms with Crippen LogP contribution in [-0.2, 0) is 25.5 Å². The minimum absolute atomic E-state index is 0.0274. The first-order chi connectivity index (χ1) is 15.5. The lowest BCUT2D eigenvalue weighted by atomic mass is 9.65. The van der Waals surface area contributed by atoms with Gasteiger partial charge in [0.2, 0.25) is 10.0 Å². The molecule has 186 valence electrons. The molecule has 34 heavy (non-hydrogen) atoms. The second-order valence-electron chi connectivity index (χ2n) is 12.2. The van der Waals surface area contributed by atoms with Crippen molar-refractivity contribution in [2.75, 3.05) is 11.3 Å². The van der Waals surface area contributed by atoms with Gasteiger partial charge in [0.1, 0.15) is 0 Å². The zero-order valence-electron chi connectivity index (χ0n) is 20.9. The first-order valence-electron chi connectivity index (χ1n) is 11.8. The molecule has 6 nitrogen and oxygen atoms in total. The van der Waals surface area contributed by atoms with Crippen molar-refractivity contribution in [2.45, 2.75) is 82.1 Å². The second-order valence-corrected chi connectivity index (χ2v) is 15.7. The fourth-order valence-electron chi connectivity index (χ4n) is 5.89. The van der Waals surface area contributed by atoms with Crippen LogP contribution < -0.4 is 4.72 Å². The lowest BCUT2D eigenvalue weighted by Crippen LogP contribution is -2.37. The Morgan fingerprint density at radius 3 is 2.18 bits per heavy atom. The average Bonchev–Trinajstić information content (AvgIpc) is 2.96. The van der Waals surface area contributed by atoms with E-state index in [1.54, 1.807) is 34.6 Å². The number of hydrogen-bond acceptors (Lipinski definition) is 4. The van der Waals surface area contributed by atoms with Crippen LogP contribution in [0.2, 0.25) is 0 Å². The number of rotatable bonds is 5. The van der Waals surface area contributed by atoms with Gasteiger partial charge in [-0.25, -0.2) is 16.8 Å². The molecule has 0 radical (unpaired) electrons. The van der Waals surface area contributed by atoms with Crippen molar-refractivity contribution in [2.24, 2.45) is 10.8 Å². The van der Waals surface area contributed by atoms with Gasteiger partial charge in [-0.15, -0.1) is 0 Å². The molecule has 2 aromatic rings. The van der Waals surface area contributed by atoms with Crippen molar-refractivity contribution >= 4 is 25.7 Å². The number of fused-ring (bicyclic) bond motifs is 2. The van der Waals surface area contributed by atoms with E-state index in [4.69, 9.17) is 0 Å². The Balaban J connectivity index is 1.59. The Morgan fingerprint density at radius 1 is 0.912 bits per heavy atom. The van der Waals surface area contributed by atoms with Gasteiger partial charge >= 0.3 is 0 Å². The highest BCUT2D eigenvalue weighted by Gasteiger charge is 2.53. The molecule has 1 heterocycles. The van der Waals surface area contributed by atoms with Gasteiger partial charge in [-0.3, -0.25) is 4.72 Å². The van der Waals surface area contributed by atoms with Crippen LogP contribution in [0, 0.1) is 10.8 Å². The molecule has 1 saturated heterocycles. The minimum Gasteiger partial charge on any atom is -0.280 e. The normalized spacial score (nSPS) is 25.3. The summed E-state index contributed by atoms with van der Waals surface area (Å²) in [5.74, 6) is 0. The van der Waals surface area contributed by atoms with Gasteiger partial charge in [0.25, 0.3) is 10.0 Å². The number of sulfonamides is 2. The van der Waals surface area contributed by atoms with E-state index in [0.29, 0.717) is 6.54 Å². The van der Waals surface area contributed by atoms with E-state index in [1.165, 1.54) is 6.07 Å². The first-order valence-corrected chi connectivity index (χ1v) is 14.7. The molecule has 0 unspecified atom stereocenters. The molecule has 4 rings (SSSR count). The molecule has 1 saturated carbocycles. The van der Waals surface area contributed by atoms with E-state index < -0.39 is 20.0 Å². The van der Waals surface area contributed by atoms with Crippen LogP contribution in [-0.4, -0.2) is 33.7 Å². The summed E-state index contributed by atoms with van der Waals surface area (Å²) in [5, 5.41) is 0. The lowest BCUT2D eigenvalue weighted by molar-refractivity contribution is 0.133. The third kappa shape index (κ3) is 4.90. The number of hydrogen-bond donors (Lipinski definition) is 1. The van der Waals surface area contributed by atoms with Gasteiger partial charge < -0.3 is 0 Å². The Morgan fingerprint density at radius 2 is 1.56 bits per heavy atom. The van der Waals surface area contributed by atoms with Crippen molar-refractivity contribution < 1.29 is 16.8 Å². The predicted octanol–water partition coefficient (Wildman–Crippen LogP) is 5.37. The monoisotopic (exact) mass is 504 g/mol. The molecule has 0 amide bonds. The summed E-state index contributed by atoms with van der Waals surface area (Å²) < 4.78 is 57.3. The standard InChI is InChI=1S/C26H36N2O4S2/c1-24(2,3)19-10-12-22(13-11-19)33(29,30)27-20-8-7-9-23(14-20)34(31,32)28-18-26(6)16-21(28)15-25(4,5)17-26/h7-14,21,27H,15-18H2,1-6H3/t21-,26-/m1/s1.